The summed E-state index contributed by atoms with van der Waals surface area (Å²) in [5, 5.41) is 4.74. The van der Waals surface area contributed by atoms with Crippen molar-refractivity contribution in [1.82, 2.24) is 14.5 Å². The number of nitrogens with zero attached hydrogens (tertiary/aromatic N) is 3. The van der Waals surface area contributed by atoms with E-state index >= 15 is 0 Å². The van der Waals surface area contributed by atoms with E-state index < -0.39 is 0 Å². The van der Waals surface area contributed by atoms with Crippen LogP contribution in [-0.2, 0) is 5.41 Å². The highest BCUT2D eigenvalue weighted by Crippen LogP contribution is 2.57. The number of fused-ring (bicyclic) bond motifs is 12. The summed E-state index contributed by atoms with van der Waals surface area (Å²) in [5.74, 6) is 0.704. The molecule has 0 fully saturated rings. The maximum atomic E-state index is 6.87. The summed E-state index contributed by atoms with van der Waals surface area (Å²) in [6.07, 6.45) is 0. The Morgan fingerprint density at radius 3 is 2.00 bits per heavy atom. The predicted molar refractivity (Wildman–Crippen MR) is 218 cm³/mol. The summed E-state index contributed by atoms with van der Waals surface area (Å²) in [4.78, 5) is 10.2. The zero-order chi connectivity index (χ0) is 35.3. The average Bonchev–Trinajstić information content (AvgIpc) is 3.84. The number of benzene rings is 7. The molecule has 1 aliphatic carbocycles. The van der Waals surface area contributed by atoms with E-state index in [1.807, 2.05) is 24.3 Å². The van der Waals surface area contributed by atoms with Crippen LogP contribution in [0.2, 0.25) is 0 Å². The van der Waals surface area contributed by atoms with E-state index in [4.69, 9.17) is 14.4 Å². The van der Waals surface area contributed by atoms with Gasteiger partial charge >= 0.3 is 0 Å². The van der Waals surface area contributed by atoms with Gasteiger partial charge in [-0.15, -0.1) is 0 Å². The van der Waals surface area contributed by atoms with Gasteiger partial charge in [0.05, 0.1) is 22.4 Å². The van der Waals surface area contributed by atoms with Crippen LogP contribution in [-0.4, -0.2) is 14.5 Å². The maximum absolute atomic E-state index is 6.87. The molecule has 4 heteroatoms. The number of hydrogen-bond acceptors (Lipinski definition) is 3. The first kappa shape index (κ1) is 29.9. The molecule has 0 bridgehead atoms. The third kappa shape index (κ3) is 4.30. The average molecular weight is 680 g/mol. The first-order chi connectivity index (χ1) is 26.1. The lowest BCUT2D eigenvalue weighted by atomic mass is 9.81. The summed E-state index contributed by atoms with van der Waals surface area (Å²) in [5.41, 5.74) is 14.9. The molecule has 0 spiro atoms. The second kappa shape index (κ2) is 11.1. The van der Waals surface area contributed by atoms with Crippen LogP contribution in [0.15, 0.2) is 168 Å². The maximum Gasteiger partial charge on any atom is 0.160 e. The molecule has 1 aliphatic rings. The molecule has 0 saturated heterocycles. The minimum Gasteiger partial charge on any atom is -0.455 e. The number of para-hydroxylation sites is 2. The van der Waals surface area contributed by atoms with Gasteiger partial charge in [0.1, 0.15) is 11.2 Å². The van der Waals surface area contributed by atoms with Gasteiger partial charge in [0.25, 0.3) is 0 Å². The summed E-state index contributed by atoms with van der Waals surface area (Å²) >= 11 is 0. The van der Waals surface area contributed by atoms with Crippen molar-refractivity contribution in [3.05, 3.63) is 175 Å². The van der Waals surface area contributed by atoms with E-state index in [1.165, 1.54) is 43.9 Å². The van der Waals surface area contributed by atoms with Crippen molar-refractivity contribution in [3.8, 4) is 50.7 Å². The molecule has 0 amide bonds. The zero-order valence-electron chi connectivity index (χ0n) is 29.3. The molecule has 10 aromatic rings. The van der Waals surface area contributed by atoms with E-state index in [-0.39, 0.29) is 5.41 Å². The van der Waals surface area contributed by atoms with Gasteiger partial charge < -0.3 is 8.98 Å². The SMILES string of the molecule is CC1(C)c2ccccc2-c2c1c1c(c3ccccc3n1-c1cccc(-c3cc(-c4ccccc4)nc(-c4ccccc4)n3)c1)c1c2oc2ccccc21. The van der Waals surface area contributed by atoms with Gasteiger partial charge in [0.2, 0.25) is 0 Å². The van der Waals surface area contributed by atoms with Gasteiger partial charge in [0, 0.05) is 54.9 Å². The molecule has 0 saturated carbocycles. The van der Waals surface area contributed by atoms with Crippen LogP contribution in [0.25, 0.3) is 94.5 Å². The smallest absolute Gasteiger partial charge is 0.160 e. The third-order valence-corrected chi connectivity index (χ3v) is 11.2. The quantitative estimate of drug-likeness (QED) is 0.186. The van der Waals surface area contributed by atoms with Crippen molar-refractivity contribution in [2.24, 2.45) is 0 Å². The predicted octanol–water partition coefficient (Wildman–Crippen LogP) is 12.8. The van der Waals surface area contributed by atoms with E-state index in [0.717, 1.165) is 55.8 Å². The molecule has 11 rings (SSSR count). The second-order valence-electron chi connectivity index (χ2n) is 14.5. The Morgan fingerprint density at radius 2 is 1.19 bits per heavy atom. The van der Waals surface area contributed by atoms with Gasteiger partial charge in [-0.3, -0.25) is 0 Å². The minimum atomic E-state index is -0.275. The van der Waals surface area contributed by atoms with Gasteiger partial charge in [-0.05, 0) is 47.0 Å². The molecule has 250 valence electrons. The van der Waals surface area contributed by atoms with Gasteiger partial charge in [-0.1, -0.05) is 147 Å². The Bertz CT molecular complexity index is 3020. The standard InChI is InChI=1S/C49H33N3O/c1-49(2)37-25-12-9-22-34(37)44-45(49)46-42(43-36-24-11-14-27-41(36)53-47(43)44)35-23-10-13-26-40(35)52(46)33-21-15-20-32(28-33)39-29-38(30-16-5-3-6-17-30)50-48(51-39)31-18-7-4-8-19-31/h3-29H,1-2H3. The second-order valence-corrected chi connectivity index (χ2v) is 14.5. The number of hydrogen-bond donors (Lipinski definition) is 0. The molecule has 3 aromatic heterocycles. The highest BCUT2D eigenvalue weighted by molar-refractivity contribution is 6.31. The highest BCUT2D eigenvalue weighted by atomic mass is 16.3. The molecule has 7 aromatic carbocycles. The van der Waals surface area contributed by atoms with Crippen LogP contribution in [0.3, 0.4) is 0 Å². The van der Waals surface area contributed by atoms with E-state index in [9.17, 15) is 0 Å². The van der Waals surface area contributed by atoms with Crippen molar-refractivity contribution in [1.29, 1.82) is 0 Å². The van der Waals surface area contributed by atoms with Crippen molar-refractivity contribution >= 4 is 43.7 Å². The molecule has 3 heterocycles. The lowest BCUT2D eigenvalue weighted by Gasteiger charge is -2.24. The molecule has 0 aliphatic heterocycles. The summed E-state index contributed by atoms with van der Waals surface area (Å²) in [6.45, 7) is 4.72. The topological polar surface area (TPSA) is 43.9 Å². The van der Waals surface area contributed by atoms with Crippen LogP contribution in [0.4, 0.5) is 0 Å². The third-order valence-electron chi connectivity index (χ3n) is 11.2. The fraction of sp³-hybridized carbons (Fsp3) is 0.0612. The fourth-order valence-electron chi connectivity index (χ4n) is 8.82. The van der Waals surface area contributed by atoms with E-state index in [1.54, 1.807) is 0 Å². The van der Waals surface area contributed by atoms with Crippen LogP contribution in [0.5, 0.6) is 0 Å². The lowest BCUT2D eigenvalue weighted by Crippen LogP contribution is -2.16. The molecule has 0 atom stereocenters. The number of aromatic nitrogens is 3. The molecule has 4 nitrogen and oxygen atoms in total. The Balaban J connectivity index is 1.24. The van der Waals surface area contributed by atoms with Gasteiger partial charge in [-0.2, -0.15) is 0 Å². The first-order valence-electron chi connectivity index (χ1n) is 18.2. The zero-order valence-corrected chi connectivity index (χ0v) is 29.3. The number of furan rings is 1. The van der Waals surface area contributed by atoms with Crippen molar-refractivity contribution in [2.45, 2.75) is 19.3 Å². The monoisotopic (exact) mass is 679 g/mol. The van der Waals surface area contributed by atoms with Crippen molar-refractivity contribution in [2.75, 3.05) is 0 Å². The first-order valence-corrected chi connectivity index (χ1v) is 18.2. The van der Waals surface area contributed by atoms with Crippen LogP contribution in [0, 0.1) is 0 Å². The van der Waals surface area contributed by atoms with E-state index in [0.29, 0.717) is 5.82 Å². The molecule has 0 N–H and O–H groups in total. The summed E-state index contributed by atoms with van der Waals surface area (Å²) in [7, 11) is 0. The van der Waals surface area contributed by atoms with Gasteiger partial charge in [0.15, 0.2) is 5.82 Å². The van der Waals surface area contributed by atoms with Crippen LogP contribution >= 0.6 is 0 Å². The van der Waals surface area contributed by atoms with Crippen molar-refractivity contribution in [3.63, 3.8) is 0 Å². The molecule has 0 unspecified atom stereocenters. The van der Waals surface area contributed by atoms with Crippen molar-refractivity contribution < 1.29 is 4.42 Å². The largest absolute Gasteiger partial charge is 0.455 e. The lowest BCUT2D eigenvalue weighted by molar-refractivity contribution is 0.656. The molecular formula is C49H33N3O. The normalized spacial score (nSPS) is 13.2. The summed E-state index contributed by atoms with van der Waals surface area (Å²) in [6, 6.07) is 57.7. The summed E-state index contributed by atoms with van der Waals surface area (Å²) < 4.78 is 9.35. The fourth-order valence-corrected chi connectivity index (χ4v) is 8.82. The molecule has 53 heavy (non-hydrogen) atoms. The number of rotatable bonds is 4. The molecule has 0 radical (unpaired) electrons. The Kier molecular flexibility index (Phi) is 6.27. The minimum absolute atomic E-state index is 0.275. The highest BCUT2D eigenvalue weighted by Gasteiger charge is 2.41. The Morgan fingerprint density at radius 1 is 0.547 bits per heavy atom. The van der Waals surface area contributed by atoms with E-state index in [2.05, 4.69) is 158 Å². The molecular weight excluding hydrogens is 647 g/mol. The Hall–Kier alpha value is -6.78. The van der Waals surface area contributed by atoms with Crippen LogP contribution in [0.1, 0.15) is 25.0 Å². The van der Waals surface area contributed by atoms with Gasteiger partial charge in [-0.25, -0.2) is 9.97 Å². The Labute approximate surface area is 306 Å². The van der Waals surface area contributed by atoms with Crippen LogP contribution < -0.4 is 0 Å².